The van der Waals surface area contributed by atoms with E-state index in [1.54, 1.807) is 30.3 Å². The third-order valence-corrected chi connectivity index (χ3v) is 5.21. The molecule has 0 aromatic heterocycles. The van der Waals surface area contributed by atoms with Crippen molar-refractivity contribution in [3.63, 3.8) is 0 Å². The maximum absolute atomic E-state index is 13.3. The van der Waals surface area contributed by atoms with E-state index in [0.717, 1.165) is 11.1 Å². The number of methoxy groups -OCH3 is 1. The van der Waals surface area contributed by atoms with Gasteiger partial charge in [-0.15, -0.1) is 0 Å². The summed E-state index contributed by atoms with van der Waals surface area (Å²) in [5.74, 6) is -0.0437. The molecule has 32 heavy (non-hydrogen) atoms. The van der Waals surface area contributed by atoms with Gasteiger partial charge in [-0.3, -0.25) is 4.90 Å². The third kappa shape index (κ3) is 4.62. The number of rotatable bonds is 5. The van der Waals surface area contributed by atoms with Crippen LogP contribution in [0.2, 0.25) is 0 Å². The van der Waals surface area contributed by atoms with Crippen LogP contribution in [0.25, 0.3) is 12.2 Å². The first-order chi connectivity index (χ1) is 15.7. The predicted octanol–water partition coefficient (Wildman–Crippen LogP) is 5.73. The lowest BCUT2D eigenvalue weighted by Gasteiger charge is -2.35. The molecule has 1 amide bonds. The first kappa shape index (κ1) is 21.1. The Morgan fingerprint density at radius 2 is 1.56 bits per heavy atom. The Morgan fingerprint density at radius 1 is 0.906 bits per heavy atom. The molecule has 3 aromatic carbocycles. The molecule has 5 nitrogen and oxygen atoms in total. The van der Waals surface area contributed by atoms with Crippen molar-refractivity contribution in [2.24, 2.45) is 0 Å². The van der Waals surface area contributed by atoms with Gasteiger partial charge >= 0.3 is 12.1 Å². The van der Waals surface area contributed by atoms with Gasteiger partial charge in [0.25, 0.3) is 0 Å². The Labute approximate surface area is 187 Å². The lowest BCUT2D eigenvalue weighted by molar-refractivity contribution is -0.136. The number of benzene rings is 3. The van der Waals surface area contributed by atoms with E-state index in [0.29, 0.717) is 23.4 Å². The second-order valence-corrected chi connectivity index (χ2v) is 7.27. The van der Waals surface area contributed by atoms with Crippen LogP contribution >= 0.6 is 0 Å². The maximum Gasteiger partial charge on any atom is 0.420 e. The van der Waals surface area contributed by atoms with Crippen LogP contribution in [0.5, 0.6) is 5.75 Å². The molecule has 0 radical (unpaired) electrons. The van der Waals surface area contributed by atoms with E-state index in [1.165, 1.54) is 12.0 Å². The number of nitrogens with zero attached hydrogens (tertiary/aromatic N) is 1. The van der Waals surface area contributed by atoms with Crippen LogP contribution in [-0.4, -0.2) is 25.2 Å². The van der Waals surface area contributed by atoms with Crippen molar-refractivity contribution in [3.8, 4) is 5.75 Å². The highest BCUT2D eigenvalue weighted by molar-refractivity contribution is 6.04. The van der Waals surface area contributed by atoms with Crippen molar-refractivity contribution in [2.45, 2.75) is 12.5 Å². The minimum atomic E-state index is -0.575. The molecular weight excluding hydrogens is 402 g/mol. The SMILES string of the molecule is COC(=O)C1=Cc2ccccc2N(C(=O)Oc2ccccc2)[C@H]1C/C=C/c1ccccc1. The molecule has 1 aliphatic rings. The van der Waals surface area contributed by atoms with Crippen LogP contribution in [0.1, 0.15) is 17.5 Å². The van der Waals surface area contributed by atoms with Crippen LogP contribution in [0.15, 0.2) is 96.6 Å². The maximum atomic E-state index is 13.3. The molecule has 0 spiro atoms. The number of amides is 1. The van der Waals surface area contributed by atoms with Crippen molar-refractivity contribution < 1.29 is 19.1 Å². The average Bonchev–Trinajstić information content (AvgIpc) is 2.84. The number of esters is 1. The second-order valence-electron chi connectivity index (χ2n) is 7.27. The number of hydrogen-bond donors (Lipinski definition) is 0. The average molecular weight is 425 g/mol. The minimum Gasteiger partial charge on any atom is -0.466 e. The first-order valence-corrected chi connectivity index (χ1v) is 10.3. The smallest absolute Gasteiger partial charge is 0.420 e. The van der Waals surface area contributed by atoms with Crippen molar-refractivity contribution in [1.82, 2.24) is 0 Å². The van der Waals surface area contributed by atoms with E-state index >= 15 is 0 Å². The second kappa shape index (κ2) is 9.79. The lowest BCUT2D eigenvalue weighted by atomic mass is 9.93. The molecule has 0 fully saturated rings. The zero-order valence-electron chi connectivity index (χ0n) is 17.7. The van der Waals surface area contributed by atoms with Gasteiger partial charge in [0.05, 0.1) is 24.4 Å². The van der Waals surface area contributed by atoms with Gasteiger partial charge in [0.1, 0.15) is 5.75 Å². The van der Waals surface area contributed by atoms with Crippen molar-refractivity contribution >= 4 is 29.9 Å². The van der Waals surface area contributed by atoms with Gasteiger partial charge in [0, 0.05) is 0 Å². The summed E-state index contributed by atoms with van der Waals surface area (Å²) in [6.07, 6.45) is 5.56. The third-order valence-electron chi connectivity index (χ3n) is 5.21. The molecule has 1 aliphatic heterocycles. The van der Waals surface area contributed by atoms with Gasteiger partial charge in [-0.25, -0.2) is 9.59 Å². The summed E-state index contributed by atoms with van der Waals surface area (Å²) >= 11 is 0. The highest BCUT2D eigenvalue weighted by Crippen LogP contribution is 2.35. The number of carbonyl (C=O) groups excluding carboxylic acids is 2. The van der Waals surface area contributed by atoms with Gasteiger partial charge in [-0.2, -0.15) is 0 Å². The van der Waals surface area contributed by atoms with Crippen LogP contribution < -0.4 is 9.64 Å². The standard InChI is InChI=1S/C27H23NO4/c1-31-26(29)23-19-21-14-8-9-17-24(21)28(27(30)32-22-15-6-3-7-16-22)25(23)18-10-13-20-11-4-2-5-12-20/h2-17,19,25H,18H2,1H3/b13-10+/t25-/m0/s1. The number of carbonyl (C=O) groups is 2. The summed E-state index contributed by atoms with van der Waals surface area (Å²) in [7, 11) is 1.34. The van der Waals surface area contributed by atoms with Gasteiger partial charge in [0.2, 0.25) is 0 Å². The molecule has 160 valence electrons. The van der Waals surface area contributed by atoms with Crippen molar-refractivity contribution in [2.75, 3.05) is 12.0 Å². The topological polar surface area (TPSA) is 55.8 Å². The summed E-state index contributed by atoms with van der Waals surface area (Å²) in [6, 6.07) is 25.6. The lowest BCUT2D eigenvalue weighted by Crippen LogP contribution is -2.46. The van der Waals surface area contributed by atoms with Gasteiger partial charge in [0.15, 0.2) is 0 Å². The molecule has 0 N–H and O–H groups in total. The van der Waals surface area contributed by atoms with Gasteiger partial charge in [-0.05, 0) is 41.8 Å². The molecule has 1 atom stereocenters. The number of anilines is 1. The molecule has 0 bridgehead atoms. The van der Waals surface area contributed by atoms with Crippen molar-refractivity contribution in [3.05, 3.63) is 108 Å². The fourth-order valence-electron chi connectivity index (χ4n) is 3.71. The molecule has 4 rings (SSSR count). The highest BCUT2D eigenvalue weighted by Gasteiger charge is 2.37. The fourth-order valence-corrected chi connectivity index (χ4v) is 3.71. The molecule has 0 saturated heterocycles. The van der Waals surface area contributed by atoms with Crippen LogP contribution in [0.4, 0.5) is 10.5 Å². The Bertz CT molecular complexity index is 1150. The normalized spacial score (nSPS) is 15.1. The van der Waals surface area contributed by atoms with E-state index < -0.39 is 18.1 Å². The molecule has 0 unspecified atom stereocenters. The van der Waals surface area contributed by atoms with Gasteiger partial charge < -0.3 is 9.47 Å². The van der Waals surface area contributed by atoms with E-state index in [9.17, 15) is 9.59 Å². The summed E-state index contributed by atoms with van der Waals surface area (Å²) in [5.41, 5.74) is 2.86. The predicted molar refractivity (Wildman–Crippen MR) is 125 cm³/mol. The zero-order valence-corrected chi connectivity index (χ0v) is 17.7. The van der Waals surface area contributed by atoms with Crippen LogP contribution in [0.3, 0.4) is 0 Å². The quantitative estimate of drug-likeness (QED) is 0.490. The largest absolute Gasteiger partial charge is 0.466 e. The Hall–Kier alpha value is -4.12. The first-order valence-electron chi connectivity index (χ1n) is 10.3. The molecule has 0 aliphatic carbocycles. The van der Waals surface area contributed by atoms with Crippen molar-refractivity contribution in [1.29, 1.82) is 0 Å². The summed E-state index contributed by atoms with van der Waals surface area (Å²) in [5, 5.41) is 0. The van der Waals surface area contributed by atoms with E-state index in [1.807, 2.05) is 72.8 Å². The molecule has 1 heterocycles. The molecule has 3 aromatic rings. The summed E-state index contributed by atoms with van der Waals surface area (Å²) < 4.78 is 10.7. The highest BCUT2D eigenvalue weighted by atomic mass is 16.6. The number of ether oxygens (including phenoxy) is 2. The van der Waals surface area contributed by atoms with E-state index in [2.05, 4.69) is 0 Å². The van der Waals surface area contributed by atoms with E-state index in [-0.39, 0.29) is 0 Å². The van der Waals surface area contributed by atoms with Gasteiger partial charge in [-0.1, -0.05) is 78.9 Å². The molecule has 0 saturated carbocycles. The molecule has 5 heteroatoms. The fraction of sp³-hybridized carbons (Fsp3) is 0.111. The minimum absolute atomic E-state index is 0.397. The number of para-hydroxylation sites is 2. The zero-order chi connectivity index (χ0) is 22.3. The Balaban J connectivity index is 1.71. The number of hydrogen-bond acceptors (Lipinski definition) is 4. The summed E-state index contributed by atoms with van der Waals surface area (Å²) in [6.45, 7) is 0. The van der Waals surface area contributed by atoms with Crippen LogP contribution in [0, 0.1) is 0 Å². The number of fused-ring (bicyclic) bond motifs is 1. The molecular formula is C27H23NO4. The Kier molecular flexibility index (Phi) is 6.46. The van der Waals surface area contributed by atoms with E-state index in [4.69, 9.17) is 9.47 Å². The monoisotopic (exact) mass is 425 g/mol. The van der Waals surface area contributed by atoms with Crippen LogP contribution in [-0.2, 0) is 9.53 Å². The summed E-state index contributed by atoms with van der Waals surface area (Å²) in [4.78, 5) is 27.5. The Morgan fingerprint density at radius 3 is 2.28 bits per heavy atom.